The van der Waals surface area contributed by atoms with Crippen LogP contribution in [0.15, 0.2) is 47.4 Å². The second-order valence-electron chi connectivity index (χ2n) is 7.88. The molecule has 0 aromatic heterocycles. The van der Waals surface area contributed by atoms with Gasteiger partial charge in [0, 0.05) is 38.8 Å². The Morgan fingerprint density at radius 2 is 1.58 bits per heavy atom. The molecule has 0 bridgehead atoms. The fraction of sp³-hybridized carbons (Fsp3) is 0.478. The number of nitrogens with zero attached hydrogens (tertiary/aromatic N) is 2. The van der Waals surface area contributed by atoms with Crippen molar-refractivity contribution in [2.45, 2.75) is 17.9 Å². The highest BCUT2D eigenvalue weighted by Crippen LogP contribution is 2.33. The van der Waals surface area contributed by atoms with Crippen LogP contribution in [0, 0.1) is 0 Å². The van der Waals surface area contributed by atoms with E-state index in [1.54, 1.807) is 24.3 Å². The topological polar surface area (TPSA) is 97.8 Å². The average molecular weight is 479 g/mol. The number of ether oxygens (including phenoxy) is 4. The molecule has 2 aromatic rings. The molecule has 0 spiro atoms. The van der Waals surface area contributed by atoms with Crippen molar-refractivity contribution in [1.29, 1.82) is 0 Å². The number of sulfonamides is 1. The van der Waals surface area contributed by atoms with Crippen LogP contribution in [0.5, 0.6) is 23.0 Å². The molecule has 1 atom stereocenters. The van der Waals surface area contributed by atoms with Crippen molar-refractivity contribution in [2.75, 3.05) is 59.2 Å². The maximum absolute atomic E-state index is 13.1. The summed E-state index contributed by atoms with van der Waals surface area (Å²) < 4.78 is 49.6. The van der Waals surface area contributed by atoms with Crippen LogP contribution in [0.3, 0.4) is 0 Å². The third-order valence-electron chi connectivity index (χ3n) is 5.53. The maximum Gasteiger partial charge on any atom is 0.243 e. The Hall–Kier alpha value is -2.53. The van der Waals surface area contributed by atoms with E-state index in [4.69, 9.17) is 18.9 Å². The Bertz CT molecular complexity index is 1020. The number of piperazine rings is 1. The molecule has 9 nitrogen and oxygen atoms in total. The number of hydrogen-bond donors (Lipinski definition) is 1. The number of hydrogen-bond acceptors (Lipinski definition) is 8. The van der Waals surface area contributed by atoms with Gasteiger partial charge in [-0.2, -0.15) is 4.31 Å². The second-order valence-corrected chi connectivity index (χ2v) is 9.82. The molecular weight excluding hydrogens is 448 g/mol. The number of benzene rings is 2. The van der Waals surface area contributed by atoms with Crippen LogP contribution in [0.25, 0.3) is 0 Å². The molecule has 1 saturated heterocycles. The summed E-state index contributed by atoms with van der Waals surface area (Å²) in [6.07, 6.45) is -0.683. The summed E-state index contributed by atoms with van der Waals surface area (Å²) in [4.78, 5) is 2.24. The summed E-state index contributed by atoms with van der Waals surface area (Å²) in [5.74, 6) is 2.45. The summed E-state index contributed by atoms with van der Waals surface area (Å²) in [5, 5.41) is 10.4. The van der Waals surface area contributed by atoms with E-state index in [9.17, 15) is 13.5 Å². The average Bonchev–Trinajstić information content (AvgIpc) is 2.84. The van der Waals surface area contributed by atoms with Gasteiger partial charge in [0.05, 0.1) is 11.5 Å². The standard InChI is InChI=1S/C23H30N2O7S/c1-2-29-19-3-5-20(6-4-19)32-17-18(26)16-24-9-11-25(12-10-24)33(27,28)21-7-8-22-23(15-21)31-14-13-30-22/h3-8,15,18,26H,2,9-14,16-17H2,1H3. The van der Waals surface area contributed by atoms with Crippen LogP contribution in [0.1, 0.15) is 6.92 Å². The van der Waals surface area contributed by atoms with Gasteiger partial charge in [0.1, 0.15) is 37.4 Å². The van der Waals surface area contributed by atoms with Gasteiger partial charge in [0.15, 0.2) is 11.5 Å². The van der Waals surface area contributed by atoms with Gasteiger partial charge in [0.2, 0.25) is 10.0 Å². The van der Waals surface area contributed by atoms with E-state index in [1.165, 1.54) is 10.4 Å². The molecule has 4 rings (SSSR count). The molecule has 0 aliphatic carbocycles. The van der Waals surface area contributed by atoms with E-state index in [0.717, 1.165) is 5.75 Å². The predicted molar refractivity (Wildman–Crippen MR) is 122 cm³/mol. The van der Waals surface area contributed by atoms with Gasteiger partial charge in [-0.15, -0.1) is 0 Å². The first-order chi connectivity index (χ1) is 16.0. The van der Waals surface area contributed by atoms with E-state index in [2.05, 4.69) is 0 Å². The minimum Gasteiger partial charge on any atom is -0.494 e. The minimum absolute atomic E-state index is 0.156. The molecular formula is C23H30N2O7S. The zero-order valence-electron chi connectivity index (χ0n) is 18.7. The molecule has 2 aromatic carbocycles. The summed E-state index contributed by atoms with van der Waals surface area (Å²) in [6, 6.07) is 12.0. The lowest BCUT2D eigenvalue weighted by atomic mass is 10.3. The predicted octanol–water partition coefficient (Wildman–Crippen LogP) is 1.60. The van der Waals surface area contributed by atoms with Crippen LogP contribution in [-0.2, 0) is 10.0 Å². The fourth-order valence-electron chi connectivity index (χ4n) is 3.83. The quantitative estimate of drug-likeness (QED) is 0.581. The van der Waals surface area contributed by atoms with Crippen molar-refractivity contribution in [1.82, 2.24) is 9.21 Å². The normalized spacial score (nSPS) is 18.0. The summed E-state index contributed by atoms with van der Waals surface area (Å²) in [5.41, 5.74) is 0. The maximum atomic E-state index is 13.1. The SMILES string of the molecule is CCOc1ccc(OCC(O)CN2CCN(S(=O)(=O)c3ccc4c(c3)OCCO4)CC2)cc1. The summed E-state index contributed by atoms with van der Waals surface area (Å²) >= 11 is 0. The first-order valence-electron chi connectivity index (χ1n) is 11.1. The Morgan fingerprint density at radius 3 is 2.24 bits per heavy atom. The Kier molecular flexibility index (Phi) is 7.59. The number of rotatable bonds is 9. The first kappa shape index (κ1) is 23.6. The molecule has 2 aliphatic heterocycles. The van der Waals surface area contributed by atoms with E-state index in [0.29, 0.717) is 69.8 Å². The van der Waals surface area contributed by atoms with Crippen molar-refractivity contribution in [2.24, 2.45) is 0 Å². The molecule has 10 heteroatoms. The van der Waals surface area contributed by atoms with E-state index < -0.39 is 16.1 Å². The highest BCUT2D eigenvalue weighted by atomic mass is 32.2. The van der Waals surface area contributed by atoms with Gasteiger partial charge in [-0.1, -0.05) is 0 Å². The van der Waals surface area contributed by atoms with Crippen molar-refractivity contribution in [3.8, 4) is 23.0 Å². The molecule has 1 fully saturated rings. The number of aliphatic hydroxyl groups excluding tert-OH is 1. The van der Waals surface area contributed by atoms with Gasteiger partial charge in [-0.05, 0) is 43.3 Å². The van der Waals surface area contributed by atoms with Crippen molar-refractivity contribution < 1.29 is 32.5 Å². The van der Waals surface area contributed by atoms with Crippen LogP contribution >= 0.6 is 0 Å². The Balaban J connectivity index is 1.25. The van der Waals surface area contributed by atoms with E-state index >= 15 is 0 Å². The fourth-order valence-corrected chi connectivity index (χ4v) is 5.27. The van der Waals surface area contributed by atoms with Gasteiger partial charge in [0.25, 0.3) is 0 Å². The third kappa shape index (κ3) is 5.89. The molecule has 1 N–H and O–H groups in total. The molecule has 0 saturated carbocycles. The largest absolute Gasteiger partial charge is 0.494 e. The zero-order chi connectivity index (χ0) is 23.3. The molecule has 2 heterocycles. The third-order valence-corrected chi connectivity index (χ3v) is 7.42. The number of β-amino-alcohol motifs (C(OH)–C–C–N with tert-alkyl or cyclic N) is 1. The van der Waals surface area contributed by atoms with E-state index in [-0.39, 0.29) is 11.5 Å². The smallest absolute Gasteiger partial charge is 0.243 e. The van der Waals surface area contributed by atoms with Gasteiger partial charge in [-0.3, -0.25) is 4.90 Å². The minimum atomic E-state index is -3.63. The van der Waals surface area contributed by atoms with Crippen molar-refractivity contribution in [3.05, 3.63) is 42.5 Å². The second kappa shape index (κ2) is 10.6. The van der Waals surface area contributed by atoms with Crippen LogP contribution in [-0.4, -0.2) is 88.0 Å². The van der Waals surface area contributed by atoms with Gasteiger partial charge >= 0.3 is 0 Å². The summed E-state index contributed by atoms with van der Waals surface area (Å²) in [6.45, 7) is 5.72. The van der Waals surface area contributed by atoms with Crippen molar-refractivity contribution in [3.63, 3.8) is 0 Å². The molecule has 2 aliphatic rings. The lowest BCUT2D eigenvalue weighted by Gasteiger charge is -2.35. The molecule has 33 heavy (non-hydrogen) atoms. The molecule has 180 valence electrons. The van der Waals surface area contributed by atoms with E-state index in [1.807, 2.05) is 24.0 Å². The van der Waals surface area contributed by atoms with Gasteiger partial charge in [-0.25, -0.2) is 8.42 Å². The summed E-state index contributed by atoms with van der Waals surface area (Å²) in [7, 11) is -3.63. The highest BCUT2D eigenvalue weighted by Gasteiger charge is 2.30. The monoisotopic (exact) mass is 478 g/mol. The van der Waals surface area contributed by atoms with Crippen LogP contribution in [0.2, 0.25) is 0 Å². The van der Waals surface area contributed by atoms with Crippen molar-refractivity contribution >= 4 is 10.0 Å². The zero-order valence-corrected chi connectivity index (χ0v) is 19.5. The molecule has 1 unspecified atom stereocenters. The highest BCUT2D eigenvalue weighted by molar-refractivity contribution is 7.89. The number of aliphatic hydroxyl groups is 1. The Labute approximate surface area is 194 Å². The molecule has 0 radical (unpaired) electrons. The van der Waals surface area contributed by atoms with Crippen LogP contribution < -0.4 is 18.9 Å². The Morgan fingerprint density at radius 1 is 0.939 bits per heavy atom. The molecule has 0 amide bonds. The number of fused-ring (bicyclic) bond motifs is 1. The lowest BCUT2D eigenvalue weighted by Crippen LogP contribution is -2.50. The first-order valence-corrected chi connectivity index (χ1v) is 12.6. The lowest BCUT2D eigenvalue weighted by molar-refractivity contribution is 0.0569. The van der Waals surface area contributed by atoms with Gasteiger partial charge < -0.3 is 24.1 Å². The van der Waals surface area contributed by atoms with Crippen LogP contribution in [0.4, 0.5) is 0 Å².